The molecule has 0 spiro atoms. The molecule has 0 fully saturated rings. The zero-order chi connectivity index (χ0) is 12.9. The molecule has 0 bridgehead atoms. The Morgan fingerprint density at radius 3 is 1.47 bits per heavy atom. The number of rotatable bonds is 4. The predicted octanol–water partition coefficient (Wildman–Crippen LogP) is 3.39. The first-order valence-corrected chi connectivity index (χ1v) is 5.78. The summed E-state index contributed by atoms with van der Waals surface area (Å²) < 4.78 is 11.2. The van der Waals surface area contributed by atoms with Gasteiger partial charge in [0.25, 0.3) is 0 Å². The standard InChI is InChI=1S/C14H11N3O2/c1-3-7-11(8-4-1)18-13-14(16-17-15-13)19-12-9-5-2-6-10-12/h1-10H,(H,15,16,17). The highest BCUT2D eigenvalue weighted by Gasteiger charge is 2.12. The van der Waals surface area contributed by atoms with Crippen molar-refractivity contribution in [3.8, 4) is 23.3 Å². The highest BCUT2D eigenvalue weighted by Crippen LogP contribution is 2.29. The average molecular weight is 253 g/mol. The van der Waals surface area contributed by atoms with Gasteiger partial charge in [0.05, 0.1) is 0 Å². The highest BCUT2D eigenvalue weighted by molar-refractivity contribution is 5.34. The van der Waals surface area contributed by atoms with Crippen LogP contribution in [-0.2, 0) is 0 Å². The lowest BCUT2D eigenvalue weighted by Gasteiger charge is -2.04. The fraction of sp³-hybridized carbons (Fsp3) is 0. The second-order valence-corrected chi connectivity index (χ2v) is 3.76. The Morgan fingerprint density at radius 2 is 1.05 bits per heavy atom. The third-order valence-corrected chi connectivity index (χ3v) is 2.40. The highest BCUT2D eigenvalue weighted by atomic mass is 16.5. The lowest BCUT2D eigenvalue weighted by atomic mass is 10.3. The van der Waals surface area contributed by atoms with Gasteiger partial charge in [-0.25, -0.2) is 0 Å². The van der Waals surface area contributed by atoms with Crippen molar-refractivity contribution in [2.24, 2.45) is 0 Å². The zero-order valence-electron chi connectivity index (χ0n) is 9.98. The number of nitrogens with one attached hydrogen (secondary N) is 1. The summed E-state index contributed by atoms with van der Waals surface area (Å²) in [6.07, 6.45) is 0. The van der Waals surface area contributed by atoms with E-state index in [2.05, 4.69) is 15.4 Å². The summed E-state index contributed by atoms with van der Waals surface area (Å²) in [7, 11) is 0. The number of aromatic amines is 1. The number of nitrogens with zero attached hydrogens (tertiary/aromatic N) is 2. The van der Waals surface area contributed by atoms with Crippen LogP contribution in [0, 0.1) is 0 Å². The number of aromatic nitrogens is 3. The van der Waals surface area contributed by atoms with E-state index < -0.39 is 0 Å². The number of benzene rings is 2. The molecule has 0 unspecified atom stereocenters. The average Bonchev–Trinajstić information content (AvgIpc) is 2.88. The van der Waals surface area contributed by atoms with Gasteiger partial charge in [-0.3, -0.25) is 0 Å². The van der Waals surface area contributed by atoms with Gasteiger partial charge in [-0.15, -0.1) is 10.2 Å². The second kappa shape index (κ2) is 5.22. The normalized spacial score (nSPS) is 10.1. The van der Waals surface area contributed by atoms with Crippen molar-refractivity contribution in [1.29, 1.82) is 0 Å². The number of para-hydroxylation sites is 2. The number of hydrogen-bond donors (Lipinski definition) is 1. The molecule has 3 rings (SSSR count). The summed E-state index contributed by atoms with van der Waals surface area (Å²) in [6.45, 7) is 0. The van der Waals surface area contributed by atoms with Crippen molar-refractivity contribution in [2.45, 2.75) is 0 Å². The Kier molecular flexibility index (Phi) is 3.10. The molecule has 0 saturated carbocycles. The predicted molar refractivity (Wildman–Crippen MR) is 69.4 cm³/mol. The van der Waals surface area contributed by atoms with Crippen LogP contribution in [0.5, 0.6) is 23.3 Å². The van der Waals surface area contributed by atoms with Gasteiger partial charge in [0, 0.05) is 0 Å². The molecule has 3 aromatic rings. The quantitative estimate of drug-likeness (QED) is 0.774. The lowest BCUT2D eigenvalue weighted by molar-refractivity contribution is 0.402. The topological polar surface area (TPSA) is 60.0 Å². The van der Waals surface area contributed by atoms with E-state index in [0.29, 0.717) is 23.3 Å². The molecule has 0 aliphatic rings. The van der Waals surface area contributed by atoms with Crippen molar-refractivity contribution < 1.29 is 9.47 Å². The minimum absolute atomic E-state index is 0.301. The molecule has 19 heavy (non-hydrogen) atoms. The largest absolute Gasteiger partial charge is 0.434 e. The summed E-state index contributed by atoms with van der Waals surface area (Å²) in [4.78, 5) is 0. The fourth-order valence-electron chi connectivity index (χ4n) is 1.54. The first kappa shape index (κ1) is 11.3. The van der Waals surface area contributed by atoms with Gasteiger partial charge in [0.2, 0.25) is 0 Å². The molecule has 5 heteroatoms. The SMILES string of the molecule is c1ccc(Oc2n[nH]nc2Oc2ccccc2)cc1. The maximum absolute atomic E-state index is 5.59. The molecule has 0 amide bonds. The molecule has 0 aliphatic carbocycles. The number of ether oxygens (including phenoxy) is 2. The van der Waals surface area contributed by atoms with Gasteiger partial charge in [-0.2, -0.15) is 5.21 Å². The smallest absolute Gasteiger partial charge is 0.304 e. The van der Waals surface area contributed by atoms with Crippen LogP contribution in [0.15, 0.2) is 60.7 Å². The van der Waals surface area contributed by atoms with Crippen molar-refractivity contribution in [3.05, 3.63) is 60.7 Å². The first-order valence-electron chi connectivity index (χ1n) is 5.78. The van der Waals surface area contributed by atoms with E-state index in [1.807, 2.05) is 60.7 Å². The maximum atomic E-state index is 5.59. The number of hydrogen-bond acceptors (Lipinski definition) is 4. The van der Waals surface area contributed by atoms with Crippen molar-refractivity contribution in [2.75, 3.05) is 0 Å². The van der Waals surface area contributed by atoms with Crippen LogP contribution in [-0.4, -0.2) is 15.4 Å². The summed E-state index contributed by atoms with van der Waals surface area (Å²) in [5.41, 5.74) is 0. The van der Waals surface area contributed by atoms with E-state index in [9.17, 15) is 0 Å². The van der Waals surface area contributed by atoms with Gasteiger partial charge < -0.3 is 9.47 Å². The molecule has 1 aromatic heterocycles. The van der Waals surface area contributed by atoms with E-state index in [0.717, 1.165) is 0 Å². The Morgan fingerprint density at radius 1 is 0.632 bits per heavy atom. The van der Waals surface area contributed by atoms with Gasteiger partial charge in [-0.05, 0) is 24.3 Å². The molecule has 0 aliphatic heterocycles. The van der Waals surface area contributed by atoms with Crippen LogP contribution in [0.2, 0.25) is 0 Å². The molecule has 1 N–H and O–H groups in total. The molecular formula is C14H11N3O2. The lowest BCUT2D eigenvalue weighted by Crippen LogP contribution is -1.89. The maximum Gasteiger partial charge on any atom is 0.304 e. The zero-order valence-corrected chi connectivity index (χ0v) is 9.98. The molecule has 5 nitrogen and oxygen atoms in total. The third-order valence-electron chi connectivity index (χ3n) is 2.40. The summed E-state index contributed by atoms with van der Waals surface area (Å²) in [5.74, 6) is 1.95. The first-order chi connectivity index (χ1) is 9.42. The summed E-state index contributed by atoms with van der Waals surface area (Å²) >= 11 is 0. The van der Waals surface area contributed by atoms with E-state index in [1.54, 1.807) is 0 Å². The van der Waals surface area contributed by atoms with Gasteiger partial charge >= 0.3 is 11.8 Å². The van der Waals surface area contributed by atoms with E-state index in [4.69, 9.17) is 9.47 Å². The number of H-pyrrole nitrogens is 1. The monoisotopic (exact) mass is 253 g/mol. The van der Waals surface area contributed by atoms with Crippen LogP contribution in [0.3, 0.4) is 0 Å². The molecule has 2 aromatic carbocycles. The van der Waals surface area contributed by atoms with Gasteiger partial charge in [-0.1, -0.05) is 36.4 Å². The van der Waals surface area contributed by atoms with E-state index in [-0.39, 0.29) is 0 Å². The van der Waals surface area contributed by atoms with Gasteiger partial charge in [0.1, 0.15) is 11.5 Å². The molecule has 0 saturated heterocycles. The third kappa shape index (κ3) is 2.71. The Bertz CT molecular complexity index is 582. The summed E-state index contributed by atoms with van der Waals surface area (Å²) in [6, 6.07) is 18.7. The molecule has 94 valence electrons. The second-order valence-electron chi connectivity index (χ2n) is 3.76. The Hall–Kier alpha value is -2.82. The van der Waals surface area contributed by atoms with Gasteiger partial charge in [0.15, 0.2) is 0 Å². The molecule has 1 heterocycles. The van der Waals surface area contributed by atoms with Crippen LogP contribution >= 0.6 is 0 Å². The Labute approximate surface area is 109 Å². The minimum Gasteiger partial charge on any atom is -0.434 e. The Balaban J connectivity index is 1.79. The van der Waals surface area contributed by atoms with Crippen LogP contribution < -0.4 is 9.47 Å². The summed E-state index contributed by atoms with van der Waals surface area (Å²) in [5, 5.41) is 10.3. The van der Waals surface area contributed by atoms with Crippen molar-refractivity contribution >= 4 is 0 Å². The molecule has 0 radical (unpaired) electrons. The minimum atomic E-state index is 0.301. The van der Waals surface area contributed by atoms with E-state index in [1.165, 1.54) is 0 Å². The van der Waals surface area contributed by atoms with Crippen LogP contribution in [0.1, 0.15) is 0 Å². The van der Waals surface area contributed by atoms with Crippen molar-refractivity contribution in [1.82, 2.24) is 15.4 Å². The fourth-order valence-corrected chi connectivity index (χ4v) is 1.54. The van der Waals surface area contributed by atoms with Crippen LogP contribution in [0.4, 0.5) is 0 Å². The van der Waals surface area contributed by atoms with Crippen LogP contribution in [0.25, 0.3) is 0 Å². The van der Waals surface area contributed by atoms with Crippen molar-refractivity contribution in [3.63, 3.8) is 0 Å². The molecular weight excluding hydrogens is 242 g/mol. The molecule has 0 atom stereocenters. The van der Waals surface area contributed by atoms with E-state index >= 15 is 0 Å².